The molecule has 1 N–H and O–H groups in total. The zero-order chi connectivity index (χ0) is 19.7. The number of hydrogen-bond acceptors (Lipinski definition) is 5. The van der Waals surface area contributed by atoms with E-state index in [4.69, 9.17) is 0 Å². The fraction of sp³-hybridized carbons (Fsp3) is 0.250. The summed E-state index contributed by atoms with van der Waals surface area (Å²) in [5.41, 5.74) is 1.48. The van der Waals surface area contributed by atoms with E-state index in [1.807, 2.05) is 42.3 Å². The van der Waals surface area contributed by atoms with Crippen LogP contribution < -0.4 is 4.72 Å². The third-order valence-corrected chi connectivity index (χ3v) is 5.12. The quantitative estimate of drug-likeness (QED) is 0.581. The van der Waals surface area contributed by atoms with Gasteiger partial charge in [-0.15, -0.1) is 0 Å². The zero-order valence-electron chi connectivity index (χ0n) is 15.3. The first-order valence-corrected chi connectivity index (χ1v) is 9.77. The van der Waals surface area contributed by atoms with Crippen molar-refractivity contribution in [2.45, 2.75) is 11.4 Å². The average molecular weight is 386 g/mol. The Morgan fingerprint density at radius 2 is 1.74 bits per heavy atom. The van der Waals surface area contributed by atoms with Gasteiger partial charge in [-0.1, -0.05) is 42.2 Å². The summed E-state index contributed by atoms with van der Waals surface area (Å²) in [6.07, 6.45) is 0. The van der Waals surface area contributed by atoms with Crippen LogP contribution in [0.25, 0.3) is 0 Å². The third kappa shape index (κ3) is 6.53. The Balaban J connectivity index is 1.83. The van der Waals surface area contributed by atoms with E-state index in [2.05, 4.69) is 21.3 Å². The number of nitrogens with zero attached hydrogens (tertiary/aromatic N) is 1. The molecule has 0 unspecified atom stereocenters. The summed E-state index contributed by atoms with van der Waals surface area (Å²) < 4.78 is 31.4. The summed E-state index contributed by atoms with van der Waals surface area (Å²) in [6.45, 7) is 1.32. The Labute approximate surface area is 160 Å². The van der Waals surface area contributed by atoms with Gasteiger partial charge in [-0.05, 0) is 36.9 Å². The fourth-order valence-electron chi connectivity index (χ4n) is 2.31. The molecule has 7 heteroatoms. The number of ether oxygens (including phenoxy) is 1. The highest BCUT2D eigenvalue weighted by Gasteiger charge is 2.14. The normalized spacial score (nSPS) is 10.9. The van der Waals surface area contributed by atoms with E-state index in [0.29, 0.717) is 6.54 Å². The molecule has 2 rings (SSSR count). The minimum Gasteiger partial charge on any atom is -0.465 e. The van der Waals surface area contributed by atoms with Gasteiger partial charge in [0.25, 0.3) is 0 Å². The number of sulfonamides is 1. The molecule has 0 aromatic heterocycles. The van der Waals surface area contributed by atoms with Crippen LogP contribution in [0.3, 0.4) is 0 Å². The van der Waals surface area contributed by atoms with Crippen LogP contribution in [0.15, 0.2) is 59.5 Å². The lowest BCUT2D eigenvalue weighted by molar-refractivity contribution is 0.0600. The molecule has 142 valence electrons. The summed E-state index contributed by atoms with van der Waals surface area (Å²) in [4.78, 5) is 13.5. The summed E-state index contributed by atoms with van der Waals surface area (Å²) in [5, 5.41) is 0. The average Bonchev–Trinajstić information content (AvgIpc) is 2.68. The van der Waals surface area contributed by atoms with Gasteiger partial charge >= 0.3 is 5.97 Å². The predicted molar refractivity (Wildman–Crippen MR) is 104 cm³/mol. The van der Waals surface area contributed by atoms with Gasteiger partial charge in [-0.2, -0.15) is 4.72 Å². The Bertz CT molecular complexity index is 914. The number of carbonyl (C=O) groups is 1. The maximum Gasteiger partial charge on any atom is 0.337 e. The van der Waals surface area contributed by atoms with Crippen molar-refractivity contribution in [3.8, 4) is 11.8 Å². The van der Waals surface area contributed by atoms with E-state index in [1.165, 1.54) is 36.9 Å². The van der Waals surface area contributed by atoms with Crippen LogP contribution in [0.4, 0.5) is 0 Å². The van der Waals surface area contributed by atoms with Gasteiger partial charge in [0.2, 0.25) is 10.0 Å². The summed E-state index contributed by atoms with van der Waals surface area (Å²) in [6, 6.07) is 15.6. The van der Waals surface area contributed by atoms with Crippen LogP contribution in [0.2, 0.25) is 0 Å². The number of nitrogens with one attached hydrogen (secondary N) is 1. The summed E-state index contributed by atoms with van der Waals surface area (Å²) in [5.74, 6) is 5.24. The lowest BCUT2D eigenvalue weighted by Gasteiger charge is -2.12. The molecule has 0 fully saturated rings. The molecule has 0 spiro atoms. The molecule has 27 heavy (non-hydrogen) atoms. The number of esters is 1. The number of methoxy groups -OCH3 is 1. The minimum absolute atomic E-state index is 0.0142. The molecule has 0 radical (unpaired) electrons. The molecule has 0 saturated heterocycles. The van der Waals surface area contributed by atoms with E-state index in [1.54, 1.807) is 0 Å². The van der Waals surface area contributed by atoms with Gasteiger partial charge < -0.3 is 4.74 Å². The summed E-state index contributed by atoms with van der Waals surface area (Å²) in [7, 11) is -0.456. The van der Waals surface area contributed by atoms with Crippen LogP contribution >= 0.6 is 0 Å². The maximum absolute atomic E-state index is 12.2. The number of carbonyl (C=O) groups excluding carboxylic acids is 1. The largest absolute Gasteiger partial charge is 0.465 e. The van der Waals surface area contributed by atoms with E-state index in [0.717, 1.165) is 6.54 Å². The molecule has 0 aliphatic rings. The van der Waals surface area contributed by atoms with Crippen molar-refractivity contribution < 1.29 is 17.9 Å². The van der Waals surface area contributed by atoms with Gasteiger partial charge in [-0.25, -0.2) is 13.2 Å². The highest BCUT2D eigenvalue weighted by Crippen LogP contribution is 2.11. The van der Waals surface area contributed by atoms with Crippen molar-refractivity contribution in [2.75, 3.05) is 27.2 Å². The maximum atomic E-state index is 12.2. The van der Waals surface area contributed by atoms with Gasteiger partial charge in [0.15, 0.2) is 0 Å². The molecule has 6 nitrogen and oxygen atoms in total. The lowest BCUT2D eigenvalue weighted by atomic mass is 10.2. The molecule has 0 heterocycles. The van der Waals surface area contributed by atoms with Gasteiger partial charge in [-0.3, -0.25) is 4.90 Å². The minimum atomic E-state index is -3.68. The highest BCUT2D eigenvalue weighted by molar-refractivity contribution is 7.89. The van der Waals surface area contributed by atoms with Crippen LogP contribution in [0, 0.1) is 11.8 Å². The zero-order valence-corrected chi connectivity index (χ0v) is 16.1. The number of rotatable bonds is 7. The summed E-state index contributed by atoms with van der Waals surface area (Å²) >= 11 is 0. The fourth-order valence-corrected chi connectivity index (χ4v) is 3.23. The molecule has 2 aromatic carbocycles. The second-order valence-corrected chi connectivity index (χ2v) is 7.62. The third-order valence-electron chi connectivity index (χ3n) is 3.71. The molecule has 0 aliphatic carbocycles. The SMILES string of the molecule is COC(=O)c1ccc(S(=O)(=O)NCC#CCN(C)Cc2ccccc2)cc1. The first-order valence-electron chi connectivity index (χ1n) is 8.28. The van der Waals surface area contributed by atoms with Crippen LogP contribution in [0.1, 0.15) is 15.9 Å². The molecule has 0 amide bonds. The van der Waals surface area contributed by atoms with Gasteiger partial charge in [0.1, 0.15) is 0 Å². The number of benzene rings is 2. The second kappa shape index (κ2) is 9.88. The van der Waals surface area contributed by atoms with Crippen molar-refractivity contribution in [2.24, 2.45) is 0 Å². The monoisotopic (exact) mass is 386 g/mol. The highest BCUT2D eigenvalue weighted by atomic mass is 32.2. The van der Waals surface area contributed by atoms with Crippen LogP contribution in [-0.4, -0.2) is 46.5 Å². The topological polar surface area (TPSA) is 75.7 Å². The molecule has 2 aromatic rings. The van der Waals surface area contributed by atoms with Gasteiger partial charge in [0, 0.05) is 6.54 Å². The smallest absolute Gasteiger partial charge is 0.337 e. The first-order chi connectivity index (χ1) is 12.9. The van der Waals surface area contributed by atoms with Crippen molar-refractivity contribution in [1.82, 2.24) is 9.62 Å². The lowest BCUT2D eigenvalue weighted by Crippen LogP contribution is -2.24. The van der Waals surface area contributed by atoms with Crippen molar-refractivity contribution >= 4 is 16.0 Å². The molecule has 0 atom stereocenters. The molecular formula is C20H22N2O4S. The van der Waals surface area contributed by atoms with E-state index >= 15 is 0 Å². The molecule has 0 saturated carbocycles. The van der Waals surface area contributed by atoms with Crippen molar-refractivity contribution in [3.05, 3.63) is 65.7 Å². The van der Waals surface area contributed by atoms with Crippen molar-refractivity contribution in [3.63, 3.8) is 0 Å². The molecule has 0 aliphatic heterocycles. The number of hydrogen-bond donors (Lipinski definition) is 1. The molecular weight excluding hydrogens is 364 g/mol. The Morgan fingerprint density at radius 3 is 2.37 bits per heavy atom. The first kappa shape index (κ1) is 20.6. The van der Waals surface area contributed by atoms with Crippen LogP contribution in [0.5, 0.6) is 0 Å². The standard InChI is InChI=1S/C20H22N2O4S/c1-22(16-17-8-4-3-5-9-17)15-7-6-14-21-27(24,25)19-12-10-18(11-13-19)20(23)26-2/h3-5,8-13,21H,14-16H2,1-2H3. The van der Waals surface area contributed by atoms with E-state index < -0.39 is 16.0 Å². The Morgan fingerprint density at radius 1 is 1.07 bits per heavy atom. The predicted octanol–water partition coefficient (Wildman–Crippen LogP) is 1.89. The van der Waals surface area contributed by atoms with E-state index in [9.17, 15) is 13.2 Å². The van der Waals surface area contributed by atoms with Crippen LogP contribution in [-0.2, 0) is 21.3 Å². The van der Waals surface area contributed by atoms with Gasteiger partial charge in [0.05, 0.1) is 30.7 Å². The van der Waals surface area contributed by atoms with Crippen molar-refractivity contribution in [1.29, 1.82) is 0 Å². The second-order valence-electron chi connectivity index (χ2n) is 5.85. The Kier molecular flexibility index (Phi) is 7.55. The molecule has 0 bridgehead atoms. The van der Waals surface area contributed by atoms with E-state index in [-0.39, 0.29) is 17.0 Å². The Hall–Kier alpha value is -2.66.